The quantitative estimate of drug-likeness (QED) is 0.717. The van der Waals surface area contributed by atoms with E-state index in [1.54, 1.807) is 6.07 Å². The minimum Gasteiger partial charge on any atom is -0.464 e. The lowest BCUT2D eigenvalue weighted by Gasteiger charge is -2.22. The van der Waals surface area contributed by atoms with E-state index in [1.165, 1.54) is 4.57 Å². The van der Waals surface area contributed by atoms with Crippen LogP contribution >= 0.6 is 0 Å². The Morgan fingerprint density at radius 1 is 1.05 bits per heavy atom. The molecule has 0 aliphatic carbocycles. The zero-order valence-corrected chi connectivity index (χ0v) is 12.9. The summed E-state index contributed by atoms with van der Waals surface area (Å²) in [5.41, 5.74) is 3.12. The molecule has 0 atom stereocenters. The first-order valence-corrected chi connectivity index (χ1v) is 7.20. The van der Waals surface area contributed by atoms with E-state index >= 15 is 0 Å². The lowest BCUT2D eigenvalue weighted by molar-refractivity contribution is 0.197. The molecule has 1 N–H and O–H groups in total. The van der Waals surface area contributed by atoms with Crippen LogP contribution < -0.4 is 0 Å². The van der Waals surface area contributed by atoms with Crippen molar-refractivity contribution in [3.8, 4) is 11.4 Å². The Labute approximate surface area is 129 Å². The normalized spacial score (nSPS) is 11.8. The minimum absolute atomic E-state index is 0.0991. The van der Waals surface area contributed by atoms with E-state index in [1.807, 2.05) is 42.5 Å². The number of carbonyl (C=O) groups is 1. The van der Waals surface area contributed by atoms with E-state index in [4.69, 9.17) is 0 Å². The van der Waals surface area contributed by atoms with Crippen LogP contribution in [0.1, 0.15) is 26.3 Å². The Bertz CT molecular complexity index is 857. The third-order valence-electron chi connectivity index (χ3n) is 3.73. The third-order valence-corrected chi connectivity index (χ3v) is 3.73. The summed E-state index contributed by atoms with van der Waals surface area (Å²) >= 11 is 0. The second kappa shape index (κ2) is 4.98. The molecule has 0 aliphatic rings. The number of hydrogen-bond acceptors (Lipinski definition) is 2. The van der Waals surface area contributed by atoms with Gasteiger partial charge >= 0.3 is 6.09 Å². The molecule has 0 amide bonds. The molecule has 1 heterocycles. The first-order chi connectivity index (χ1) is 10.4. The van der Waals surface area contributed by atoms with E-state index in [9.17, 15) is 9.90 Å². The van der Waals surface area contributed by atoms with Gasteiger partial charge < -0.3 is 5.11 Å². The smallest absolute Gasteiger partial charge is 0.417 e. The molecule has 22 heavy (non-hydrogen) atoms. The predicted octanol–water partition coefficient (Wildman–Crippen LogP) is 4.53. The maximum atomic E-state index is 11.8. The van der Waals surface area contributed by atoms with Crippen LogP contribution in [0.15, 0.2) is 48.5 Å². The van der Waals surface area contributed by atoms with Gasteiger partial charge in [0.1, 0.15) is 0 Å². The van der Waals surface area contributed by atoms with Gasteiger partial charge in [0.15, 0.2) is 5.82 Å². The van der Waals surface area contributed by atoms with E-state index in [0.29, 0.717) is 16.9 Å². The molecule has 3 rings (SSSR count). The van der Waals surface area contributed by atoms with Crippen LogP contribution in [0.2, 0.25) is 0 Å². The van der Waals surface area contributed by atoms with Gasteiger partial charge in [0.05, 0.1) is 11.0 Å². The average Bonchev–Trinajstić information content (AvgIpc) is 2.85. The van der Waals surface area contributed by atoms with Gasteiger partial charge in [0, 0.05) is 5.56 Å². The summed E-state index contributed by atoms with van der Waals surface area (Å²) in [4.78, 5) is 16.3. The van der Waals surface area contributed by atoms with Crippen molar-refractivity contribution in [3.63, 3.8) is 0 Å². The first-order valence-electron chi connectivity index (χ1n) is 7.20. The highest BCUT2D eigenvalue weighted by Crippen LogP contribution is 2.33. The lowest BCUT2D eigenvalue weighted by Crippen LogP contribution is -2.15. The molecule has 4 nitrogen and oxygen atoms in total. The molecule has 0 bridgehead atoms. The van der Waals surface area contributed by atoms with E-state index in [-0.39, 0.29) is 5.41 Å². The number of benzene rings is 2. The molecule has 112 valence electrons. The molecular formula is C18H18N2O2. The van der Waals surface area contributed by atoms with E-state index in [2.05, 4.69) is 25.8 Å². The van der Waals surface area contributed by atoms with Crippen molar-refractivity contribution in [2.75, 3.05) is 0 Å². The van der Waals surface area contributed by atoms with Crippen molar-refractivity contribution < 1.29 is 9.90 Å². The molecular weight excluding hydrogens is 276 g/mol. The maximum Gasteiger partial charge on any atom is 0.417 e. The zero-order valence-electron chi connectivity index (χ0n) is 12.9. The number of rotatable bonds is 1. The van der Waals surface area contributed by atoms with E-state index in [0.717, 1.165) is 11.1 Å². The SMILES string of the molecule is CC(C)(C)c1ccccc1-c1nc2ccccc2n1C(=O)O. The van der Waals surface area contributed by atoms with Gasteiger partial charge in [-0.05, 0) is 23.1 Å². The summed E-state index contributed by atoms with van der Waals surface area (Å²) in [6, 6.07) is 15.1. The summed E-state index contributed by atoms with van der Waals surface area (Å²) in [6.45, 7) is 6.33. The van der Waals surface area contributed by atoms with Crippen molar-refractivity contribution >= 4 is 17.1 Å². The monoisotopic (exact) mass is 294 g/mol. The largest absolute Gasteiger partial charge is 0.464 e. The Kier molecular flexibility index (Phi) is 3.24. The van der Waals surface area contributed by atoms with Crippen LogP contribution in [0.25, 0.3) is 22.4 Å². The second-order valence-electron chi connectivity index (χ2n) is 6.34. The fraction of sp³-hybridized carbons (Fsp3) is 0.222. The van der Waals surface area contributed by atoms with Crippen molar-refractivity contribution in [3.05, 3.63) is 54.1 Å². The highest BCUT2D eigenvalue weighted by molar-refractivity contribution is 5.91. The Hall–Kier alpha value is -2.62. The Morgan fingerprint density at radius 3 is 2.36 bits per heavy atom. The standard InChI is InChI=1S/C18H18N2O2/c1-18(2,3)13-9-5-4-8-12(13)16-19-14-10-6-7-11-15(14)20(16)17(21)22/h4-11H,1-3H3,(H,21,22). The molecule has 2 aromatic carbocycles. The van der Waals surface area contributed by atoms with Crippen molar-refractivity contribution in [1.82, 2.24) is 9.55 Å². The van der Waals surface area contributed by atoms with E-state index < -0.39 is 6.09 Å². The molecule has 0 unspecified atom stereocenters. The number of fused-ring (bicyclic) bond motifs is 1. The molecule has 1 aromatic heterocycles. The fourth-order valence-corrected chi connectivity index (χ4v) is 2.73. The van der Waals surface area contributed by atoms with Gasteiger partial charge in [-0.15, -0.1) is 0 Å². The molecule has 0 aliphatic heterocycles. The summed E-state index contributed by atoms with van der Waals surface area (Å²) in [7, 11) is 0. The van der Waals surface area contributed by atoms with Crippen molar-refractivity contribution in [2.45, 2.75) is 26.2 Å². The summed E-state index contributed by atoms with van der Waals surface area (Å²) in [5.74, 6) is 0.472. The average molecular weight is 294 g/mol. The van der Waals surface area contributed by atoms with Crippen LogP contribution in [0.3, 0.4) is 0 Å². The number of carboxylic acid groups (broad SMARTS) is 1. The molecule has 0 fully saturated rings. The number of aromatic nitrogens is 2. The van der Waals surface area contributed by atoms with Crippen LogP contribution in [0, 0.1) is 0 Å². The van der Waals surface area contributed by atoms with Gasteiger partial charge in [-0.25, -0.2) is 14.3 Å². The molecule has 3 aromatic rings. The fourth-order valence-electron chi connectivity index (χ4n) is 2.73. The summed E-state index contributed by atoms with van der Waals surface area (Å²) < 4.78 is 1.26. The lowest BCUT2D eigenvalue weighted by atomic mass is 9.83. The second-order valence-corrected chi connectivity index (χ2v) is 6.34. The third kappa shape index (κ3) is 2.26. The predicted molar refractivity (Wildman–Crippen MR) is 87.3 cm³/mol. The number of nitrogens with zero attached hydrogens (tertiary/aromatic N) is 2. The van der Waals surface area contributed by atoms with Crippen molar-refractivity contribution in [2.24, 2.45) is 0 Å². The van der Waals surface area contributed by atoms with Gasteiger partial charge in [0.2, 0.25) is 0 Å². The Balaban J connectivity index is 2.37. The van der Waals surface area contributed by atoms with Crippen molar-refractivity contribution in [1.29, 1.82) is 0 Å². The maximum absolute atomic E-state index is 11.8. The van der Waals surface area contributed by atoms with Crippen LogP contribution in [-0.4, -0.2) is 20.8 Å². The zero-order chi connectivity index (χ0) is 15.9. The van der Waals surface area contributed by atoms with Gasteiger partial charge in [-0.3, -0.25) is 0 Å². The molecule has 0 radical (unpaired) electrons. The number of para-hydroxylation sites is 2. The number of imidazole rings is 1. The summed E-state index contributed by atoms with van der Waals surface area (Å²) in [5, 5.41) is 9.63. The molecule has 0 spiro atoms. The Morgan fingerprint density at radius 2 is 1.68 bits per heavy atom. The van der Waals surface area contributed by atoms with Gasteiger partial charge in [-0.1, -0.05) is 57.2 Å². The molecule has 0 saturated heterocycles. The van der Waals surface area contributed by atoms with Gasteiger partial charge in [-0.2, -0.15) is 0 Å². The molecule has 0 saturated carbocycles. The van der Waals surface area contributed by atoms with Gasteiger partial charge in [0.25, 0.3) is 0 Å². The molecule has 4 heteroatoms. The number of hydrogen-bond donors (Lipinski definition) is 1. The highest BCUT2D eigenvalue weighted by atomic mass is 16.4. The first kappa shape index (κ1) is 14.3. The van der Waals surface area contributed by atoms with Crippen LogP contribution in [-0.2, 0) is 5.41 Å². The minimum atomic E-state index is -1.02. The van der Waals surface area contributed by atoms with Crippen LogP contribution in [0.5, 0.6) is 0 Å². The topological polar surface area (TPSA) is 55.1 Å². The van der Waals surface area contributed by atoms with Crippen LogP contribution in [0.4, 0.5) is 4.79 Å². The summed E-state index contributed by atoms with van der Waals surface area (Å²) in [6.07, 6.45) is -1.02. The highest BCUT2D eigenvalue weighted by Gasteiger charge is 2.23.